The van der Waals surface area contributed by atoms with Gasteiger partial charge < -0.3 is 4.52 Å². The van der Waals surface area contributed by atoms with Crippen LogP contribution in [-0.4, -0.2) is 22.1 Å². The fourth-order valence-electron chi connectivity index (χ4n) is 2.24. The maximum Gasteiger partial charge on any atom is 0.241 e. The number of hydrogen-bond acceptors (Lipinski definition) is 4. The van der Waals surface area contributed by atoms with E-state index in [1.807, 2.05) is 43.4 Å². The van der Waals surface area contributed by atoms with Crippen LogP contribution < -0.4 is 0 Å². The summed E-state index contributed by atoms with van der Waals surface area (Å²) in [5.41, 5.74) is 1.94. The van der Waals surface area contributed by atoms with Crippen molar-refractivity contribution in [2.75, 3.05) is 7.05 Å². The van der Waals surface area contributed by atoms with Crippen molar-refractivity contribution >= 4 is 23.2 Å². The molecule has 3 rings (SSSR count). The third-order valence-corrected chi connectivity index (χ3v) is 3.99. The van der Waals surface area contributed by atoms with Crippen molar-refractivity contribution in [2.45, 2.75) is 13.1 Å². The Labute approximate surface area is 144 Å². The lowest BCUT2D eigenvalue weighted by Crippen LogP contribution is -2.17. The lowest BCUT2D eigenvalue weighted by atomic mass is 10.2. The number of benzene rings is 2. The van der Waals surface area contributed by atoms with Gasteiger partial charge in [0.05, 0.1) is 6.54 Å². The predicted octanol–water partition coefficient (Wildman–Crippen LogP) is 4.68. The molecule has 0 saturated heterocycles. The minimum atomic E-state index is 0.547. The molecular weight excluding hydrogens is 333 g/mol. The maximum absolute atomic E-state index is 6.18. The Balaban J connectivity index is 1.67. The summed E-state index contributed by atoms with van der Waals surface area (Å²) < 4.78 is 5.32. The second-order valence-corrected chi connectivity index (χ2v) is 6.13. The summed E-state index contributed by atoms with van der Waals surface area (Å²) >= 11 is 12.1. The molecule has 23 heavy (non-hydrogen) atoms. The normalized spacial score (nSPS) is 11.1. The number of aromatic nitrogens is 2. The van der Waals surface area contributed by atoms with Crippen LogP contribution in [0, 0.1) is 0 Å². The molecule has 0 aliphatic heterocycles. The van der Waals surface area contributed by atoms with Crippen molar-refractivity contribution in [3.05, 3.63) is 70.0 Å². The number of nitrogens with zero attached hydrogens (tertiary/aromatic N) is 3. The van der Waals surface area contributed by atoms with Gasteiger partial charge >= 0.3 is 0 Å². The summed E-state index contributed by atoms with van der Waals surface area (Å²) in [6, 6.07) is 15.1. The van der Waals surface area contributed by atoms with Gasteiger partial charge in [0.25, 0.3) is 0 Å². The summed E-state index contributed by atoms with van der Waals surface area (Å²) in [6.07, 6.45) is 0. The first-order valence-corrected chi connectivity index (χ1v) is 7.88. The SMILES string of the molecule is CN(Cc1nc(-c2ccc(Cl)cc2)no1)Cc1ccccc1Cl. The van der Waals surface area contributed by atoms with Gasteiger partial charge in [-0.15, -0.1) is 0 Å². The van der Waals surface area contributed by atoms with E-state index in [-0.39, 0.29) is 0 Å². The first kappa shape index (κ1) is 16.0. The summed E-state index contributed by atoms with van der Waals surface area (Å²) in [5.74, 6) is 1.12. The molecule has 118 valence electrons. The molecule has 0 N–H and O–H groups in total. The summed E-state index contributed by atoms with van der Waals surface area (Å²) in [7, 11) is 1.98. The molecule has 0 radical (unpaired) electrons. The van der Waals surface area contributed by atoms with Crippen molar-refractivity contribution in [3.8, 4) is 11.4 Å². The molecule has 4 nitrogen and oxygen atoms in total. The molecule has 0 aliphatic rings. The van der Waals surface area contributed by atoms with Gasteiger partial charge in [0.1, 0.15) is 0 Å². The molecule has 2 aromatic carbocycles. The third kappa shape index (κ3) is 4.10. The molecule has 0 amide bonds. The van der Waals surface area contributed by atoms with Gasteiger partial charge in [-0.05, 0) is 42.9 Å². The third-order valence-electron chi connectivity index (χ3n) is 3.37. The molecule has 3 aromatic rings. The lowest BCUT2D eigenvalue weighted by molar-refractivity contribution is 0.261. The van der Waals surface area contributed by atoms with Crippen molar-refractivity contribution in [3.63, 3.8) is 0 Å². The standard InChI is InChI=1S/C17H15Cl2N3O/c1-22(10-13-4-2-3-5-15(13)19)11-16-20-17(21-23-16)12-6-8-14(18)9-7-12/h2-9H,10-11H2,1H3. The van der Waals surface area contributed by atoms with Crippen molar-refractivity contribution < 1.29 is 4.52 Å². The Morgan fingerprint density at radius 2 is 1.74 bits per heavy atom. The molecule has 0 bridgehead atoms. The number of rotatable bonds is 5. The molecule has 0 atom stereocenters. The zero-order chi connectivity index (χ0) is 16.2. The van der Waals surface area contributed by atoms with Crippen LogP contribution in [0.25, 0.3) is 11.4 Å². The van der Waals surface area contributed by atoms with E-state index in [2.05, 4.69) is 15.0 Å². The highest BCUT2D eigenvalue weighted by Gasteiger charge is 2.12. The van der Waals surface area contributed by atoms with Crippen molar-refractivity contribution in [1.29, 1.82) is 0 Å². The lowest BCUT2D eigenvalue weighted by Gasteiger charge is -2.14. The molecule has 0 fully saturated rings. The van der Waals surface area contributed by atoms with Gasteiger partial charge in [-0.3, -0.25) is 4.90 Å². The highest BCUT2D eigenvalue weighted by Crippen LogP contribution is 2.20. The van der Waals surface area contributed by atoms with Crippen LogP contribution in [0.3, 0.4) is 0 Å². The van der Waals surface area contributed by atoms with Gasteiger partial charge in [-0.1, -0.05) is 46.6 Å². The zero-order valence-corrected chi connectivity index (χ0v) is 14.1. The van der Waals surface area contributed by atoms with E-state index in [0.717, 1.165) is 16.1 Å². The Kier molecular flexibility index (Phi) is 4.96. The minimum Gasteiger partial charge on any atom is -0.338 e. The highest BCUT2D eigenvalue weighted by molar-refractivity contribution is 6.31. The Morgan fingerprint density at radius 3 is 2.48 bits per heavy atom. The van der Waals surface area contributed by atoms with E-state index in [1.165, 1.54) is 0 Å². The van der Waals surface area contributed by atoms with E-state index in [0.29, 0.717) is 29.8 Å². The Morgan fingerprint density at radius 1 is 1.00 bits per heavy atom. The maximum atomic E-state index is 6.18. The van der Waals surface area contributed by atoms with Crippen LogP contribution in [0.2, 0.25) is 10.0 Å². The van der Waals surface area contributed by atoms with Gasteiger partial charge in [0, 0.05) is 22.2 Å². The van der Waals surface area contributed by atoms with E-state index >= 15 is 0 Å². The number of hydrogen-bond donors (Lipinski definition) is 0. The van der Waals surface area contributed by atoms with Crippen molar-refractivity contribution in [2.24, 2.45) is 0 Å². The zero-order valence-electron chi connectivity index (χ0n) is 12.5. The molecule has 1 aromatic heterocycles. The van der Waals surface area contributed by atoms with Gasteiger partial charge in [-0.25, -0.2) is 0 Å². The summed E-state index contributed by atoms with van der Waals surface area (Å²) in [6.45, 7) is 1.25. The Hall–Kier alpha value is -1.88. The van der Waals surface area contributed by atoms with Gasteiger partial charge in [0.15, 0.2) is 0 Å². The van der Waals surface area contributed by atoms with Crippen LogP contribution in [0.5, 0.6) is 0 Å². The fourth-order valence-corrected chi connectivity index (χ4v) is 2.56. The average molecular weight is 348 g/mol. The summed E-state index contributed by atoms with van der Waals surface area (Å²) in [4.78, 5) is 6.49. The minimum absolute atomic E-state index is 0.547. The van der Waals surface area contributed by atoms with Gasteiger partial charge in [0.2, 0.25) is 11.7 Å². The molecule has 0 spiro atoms. The molecule has 0 aliphatic carbocycles. The highest BCUT2D eigenvalue weighted by atomic mass is 35.5. The van der Waals surface area contributed by atoms with Crippen molar-refractivity contribution in [1.82, 2.24) is 15.0 Å². The molecule has 0 unspecified atom stereocenters. The quantitative estimate of drug-likeness (QED) is 0.672. The second kappa shape index (κ2) is 7.13. The first-order valence-electron chi connectivity index (χ1n) is 7.12. The monoisotopic (exact) mass is 347 g/mol. The van der Waals surface area contributed by atoms with E-state index in [1.54, 1.807) is 12.1 Å². The fraction of sp³-hybridized carbons (Fsp3) is 0.176. The molecular formula is C17H15Cl2N3O. The van der Waals surface area contributed by atoms with E-state index in [4.69, 9.17) is 27.7 Å². The van der Waals surface area contributed by atoms with Gasteiger partial charge in [-0.2, -0.15) is 4.98 Å². The molecule has 6 heteroatoms. The smallest absolute Gasteiger partial charge is 0.241 e. The first-order chi connectivity index (χ1) is 11.1. The van der Waals surface area contributed by atoms with Crippen LogP contribution in [0.15, 0.2) is 53.1 Å². The van der Waals surface area contributed by atoms with E-state index < -0.39 is 0 Å². The van der Waals surface area contributed by atoms with Crippen LogP contribution in [0.4, 0.5) is 0 Å². The van der Waals surface area contributed by atoms with Crippen LogP contribution in [-0.2, 0) is 13.1 Å². The Bertz CT molecular complexity index is 787. The second-order valence-electron chi connectivity index (χ2n) is 5.28. The summed E-state index contributed by atoms with van der Waals surface area (Å²) in [5, 5.41) is 5.45. The largest absolute Gasteiger partial charge is 0.338 e. The van der Waals surface area contributed by atoms with Crippen LogP contribution >= 0.6 is 23.2 Å². The average Bonchev–Trinajstić information content (AvgIpc) is 2.98. The van der Waals surface area contributed by atoms with Crippen LogP contribution in [0.1, 0.15) is 11.5 Å². The molecule has 1 heterocycles. The predicted molar refractivity (Wildman–Crippen MR) is 91.4 cm³/mol. The van der Waals surface area contributed by atoms with E-state index in [9.17, 15) is 0 Å². The number of halogens is 2. The molecule has 0 saturated carbocycles. The topological polar surface area (TPSA) is 42.2 Å².